The van der Waals surface area contributed by atoms with Crippen molar-refractivity contribution in [3.63, 3.8) is 0 Å². The molecule has 2 N–H and O–H groups in total. The monoisotopic (exact) mass is 347 g/mol. The first-order chi connectivity index (χ1) is 8.24. The second kappa shape index (κ2) is 11.6. The van der Waals surface area contributed by atoms with Crippen LogP contribution >= 0.6 is 0 Å². The molecule has 0 atom stereocenters. The molecule has 0 amide bonds. The van der Waals surface area contributed by atoms with E-state index in [1.54, 1.807) is 13.3 Å². The summed E-state index contributed by atoms with van der Waals surface area (Å²) < 4.78 is 7.32. The van der Waals surface area contributed by atoms with E-state index >= 15 is 0 Å². The Hall–Kier alpha value is 0.499. The molecule has 1 nitrogen and oxygen atoms in total. The van der Waals surface area contributed by atoms with E-state index in [2.05, 4.69) is 30.9 Å². The summed E-state index contributed by atoms with van der Waals surface area (Å²) in [6, 6.07) is 0. The van der Waals surface area contributed by atoms with Crippen LogP contribution in [0.4, 0.5) is 0 Å². The first-order valence-corrected chi connectivity index (χ1v) is 15.3. The van der Waals surface area contributed by atoms with Gasteiger partial charge >= 0.3 is 113 Å². The summed E-state index contributed by atoms with van der Waals surface area (Å²) in [5.74, 6) is 0. The van der Waals surface area contributed by atoms with E-state index in [0.29, 0.717) is 0 Å². The summed E-state index contributed by atoms with van der Waals surface area (Å²) in [5.41, 5.74) is 5.67. The Morgan fingerprint density at radius 1 is 0.824 bits per heavy atom. The zero-order chi connectivity index (χ0) is 13.0. The molecule has 0 saturated carbocycles. The Bertz CT molecular complexity index is 168. The van der Waals surface area contributed by atoms with E-state index < -0.39 is 18.4 Å². The van der Waals surface area contributed by atoms with E-state index in [-0.39, 0.29) is 0 Å². The number of hydrogen-bond donors (Lipinski definition) is 1. The molecule has 102 valence electrons. The third-order valence-electron chi connectivity index (χ3n) is 3.69. The number of nitrogens with two attached hydrogens (primary N) is 1. The summed E-state index contributed by atoms with van der Waals surface area (Å²) in [7, 11) is 0. The first-order valence-electron chi connectivity index (χ1n) is 7.62. The Morgan fingerprint density at radius 2 is 1.24 bits per heavy atom. The second-order valence-electron chi connectivity index (χ2n) is 5.31. The van der Waals surface area contributed by atoms with Crippen molar-refractivity contribution in [2.24, 2.45) is 5.73 Å². The van der Waals surface area contributed by atoms with Gasteiger partial charge in [0, 0.05) is 0 Å². The van der Waals surface area contributed by atoms with Crippen molar-refractivity contribution in [3.05, 3.63) is 10.2 Å². The zero-order valence-corrected chi connectivity index (χ0v) is 15.2. The number of rotatable bonds is 11. The normalized spacial score (nSPS) is 12.5. The van der Waals surface area contributed by atoms with Crippen molar-refractivity contribution in [2.75, 3.05) is 6.54 Å². The van der Waals surface area contributed by atoms with E-state index in [4.69, 9.17) is 5.73 Å². The third-order valence-corrected chi connectivity index (χ3v) is 17.9. The average Bonchev–Trinajstić information content (AvgIpc) is 2.37. The summed E-state index contributed by atoms with van der Waals surface area (Å²) in [5, 5.41) is 0. The van der Waals surface area contributed by atoms with Crippen LogP contribution in [0.1, 0.15) is 59.3 Å². The van der Waals surface area contributed by atoms with Gasteiger partial charge in [-0.15, -0.1) is 0 Å². The van der Waals surface area contributed by atoms with Crippen molar-refractivity contribution in [2.45, 2.75) is 72.6 Å². The van der Waals surface area contributed by atoms with Gasteiger partial charge < -0.3 is 0 Å². The average molecular weight is 346 g/mol. The van der Waals surface area contributed by atoms with Crippen molar-refractivity contribution in [1.29, 1.82) is 0 Å². The van der Waals surface area contributed by atoms with Gasteiger partial charge in [0.05, 0.1) is 0 Å². The molecule has 0 bridgehead atoms. The molecule has 0 aliphatic heterocycles. The van der Waals surface area contributed by atoms with Gasteiger partial charge in [-0.1, -0.05) is 0 Å². The van der Waals surface area contributed by atoms with E-state index in [1.807, 2.05) is 0 Å². The van der Waals surface area contributed by atoms with E-state index in [0.717, 1.165) is 6.54 Å². The fraction of sp³-hybridized carbons (Fsp3) is 0.867. The molecule has 0 aliphatic rings. The van der Waals surface area contributed by atoms with Crippen LogP contribution in [-0.4, -0.2) is 24.9 Å². The van der Waals surface area contributed by atoms with Gasteiger partial charge in [-0.2, -0.15) is 0 Å². The zero-order valence-electron chi connectivity index (χ0n) is 12.3. The molecule has 0 unspecified atom stereocenters. The van der Waals surface area contributed by atoms with Gasteiger partial charge in [0.25, 0.3) is 0 Å². The molecule has 0 aromatic carbocycles. The van der Waals surface area contributed by atoms with E-state index in [1.165, 1.54) is 38.5 Å². The Kier molecular flexibility index (Phi) is 11.9. The molecule has 0 saturated heterocycles. The predicted molar refractivity (Wildman–Crippen MR) is 83.1 cm³/mol. The Labute approximate surface area is 113 Å². The van der Waals surface area contributed by atoms with Gasteiger partial charge in [0.1, 0.15) is 0 Å². The molecule has 0 aromatic heterocycles. The molecule has 0 fully saturated rings. The summed E-state index contributed by atoms with van der Waals surface area (Å²) in [6.45, 7) is 7.71. The topological polar surface area (TPSA) is 26.0 Å². The standard InChI is InChI=1S/3C4H9.C3H6N.Sn/c3*1-3-4-2;1-2-3-4;/h3*1,3-4H2,2H3;1-2H,3-4H2;. The van der Waals surface area contributed by atoms with Crippen molar-refractivity contribution >= 4 is 18.4 Å². The molecule has 0 aromatic rings. The number of unbranched alkanes of at least 4 members (excludes halogenated alkanes) is 3. The summed E-state index contributed by atoms with van der Waals surface area (Å²) in [6.07, 6.45) is 10.7. The fourth-order valence-electron chi connectivity index (χ4n) is 2.53. The predicted octanol–water partition coefficient (Wildman–Crippen LogP) is 4.89. The van der Waals surface area contributed by atoms with Gasteiger partial charge in [-0.25, -0.2) is 0 Å². The summed E-state index contributed by atoms with van der Waals surface area (Å²) >= 11 is -1.95. The molecular formula is C15H33NSn. The van der Waals surface area contributed by atoms with Gasteiger partial charge in [-0.05, 0) is 0 Å². The first kappa shape index (κ1) is 17.5. The SMILES string of the molecule is CCC[CH2][Sn]([CH]=CCN)([CH2]CCC)[CH2]CCC. The fourth-order valence-corrected chi connectivity index (χ4v) is 17.0. The molecule has 17 heavy (non-hydrogen) atoms. The molecule has 0 spiro atoms. The summed E-state index contributed by atoms with van der Waals surface area (Å²) in [4.78, 5) is 0. The third kappa shape index (κ3) is 8.25. The molecule has 0 rings (SSSR count). The van der Waals surface area contributed by atoms with Crippen molar-refractivity contribution < 1.29 is 0 Å². The minimum atomic E-state index is -1.95. The van der Waals surface area contributed by atoms with Crippen LogP contribution in [0, 0.1) is 0 Å². The van der Waals surface area contributed by atoms with E-state index in [9.17, 15) is 0 Å². The molecule has 0 radical (unpaired) electrons. The van der Waals surface area contributed by atoms with Crippen LogP contribution in [0.3, 0.4) is 0 Å². The van der Waals surface area contributed by atoms with Gasteiger partial charge in [0.2, 0.25) is 0 Å². The van der Waals surface area contributed by atoms with Gasteiger partial charge in [-0.3, -0.25) is 0 Å². The minimum absolute atomic E-state index is 0.739. The Balaban J connectivity index is 4.57. The maximum absolute atomic E-state index is 5.67. The van der Waals surface area contributed by atoms with Crippen molar-refractivity contribution in [3.8, 4) is 0 Å². The quantitative estimate of drug-likeness (QED) is 0.530. The molecule has 0 aliphatic carbocycles. The molecule has 0 heterocycles. The van der Waals surface area contributed by atoms with Crippen LogP contribution in [0.25, 0.3) is 0 Å². The van der Waals surface area contributed by atoms with Crippen LogP contribution in [0.5, 0.6) is 0 Å². The second-order valence-corrected chi connectivity index (χ2v) is 18.3. The van der Waals surface area contributed by atoms with Crippen LogP contribution in [0.2, 0.25) is 13.3 Å². The van der Waals surface area contributed by atoms with Crippen LogP contribution in [0.15, 0.2) is 10.2 Å². The molecular weight excluding hydrogens is 313 g/mol. The van der Waals surface area contributed by atoms with Crippen molar-refractivity contribution in [1.82, 2.24) is 0 Å². The molecule has 2 heteroatoms. The van der Waals surface area contributed by atoms with Crippen LogP contribution in [-0.2, 0) is 0 Å². The maximum atomic E-state index is 5.67. The Morgan fingerprint density at radius 3 is 1.53 bits per heavy atom. The number of hydrogen-bond acceptors (Lipinski definition) is 1. The van der Waals surface area contributed by atoms with Gasteiger partial charge in [0.15, 0.2) is 0 Å². The van der Waals surface area contributed by atoms with Crippen LogP contribution < -0.4 is 5.73 Å².